The fourth-order valence-electron chi connectivity index (χ4n) is 2.80. The summed E-state index contributed by atoms with van der Waals surface area (Å²) in [6.45, 7) is 9.74. The molecule has 1 aliphatic rings. The highest BCUT2D eigenvalue weighted by atomic mass is 32.2. The van der Waals surface area contributed by atoms with Crippen LogP contribution in [0.2, 0.25) is 0 Å². The van der Waals surface area contributed by atoms with E-state index < -0.39 is 15.4 Å². The number of nitrogens with zero attached hydrogens (tertiary/aromatic N) is 1. The van der Waals surface area contributed by atoms with Crippen molar-refractivity contribution in [3.8, 4) is 0 Å². The molecule has 1 fully saturated rings. The Morgan fingerprint density at radius 1 is 1.33 bits per heavy atom. The van der Waals surface area contributed by atoms with Crippen LogP contribution in [-0.4, -0.2) is 68.6 Å². The number of carbonyl (C=O) groups excluding carboxylic acids is 1. The zero-order chi connectivity index (χ0) is 16.1. The lowest BCUT2D eigenvalue weighted by molar-refractivity contribution is -0.151. The quantitative estimate of drug-likeness (QED) is 0.686. The van der Waals surface area contributed by atoms with Crippen LogP contribution < -0.4 is 5.32 Å². The van der Waals surface area contributed by atoms with E-state index in [1.54, 1.807) is 6.92 Å². The minimum atomic E-state index is -2.88. The maximum absolute atomic E-state index is 12.2. The summed E-state index contributed by atoms with van der Waals surface area (Å²) in [4.78, 5) is 14.3. The van der Waals surface area contributed by atoms with Crippen molar-refractivity contribution in [1.29, 1.82) is 0 Å². The number of sulfone groups is 1. The van der Waals surface area contributed by atoms with Gasteiger partial charge in [0.05, 0.1) is 18.1 Å². The van der Waals surface area contributed by atoms with Crippen LogP contribution in [0.15, 0.2) is 0 Å². The summed E-state index contributed by atoms with van der Waals surface area (Å²) in [5.74, 6) is 0.159. The van der Waals surface area contributed by atoms with Gasteiger partial charge in [-0.15, -0.1) is 0 Å². The summed E-state index contributed by atoms with van der Waals surface area (Å²) in [5.41, 5.74) is -0.736. The van der Waals surface area contributed by atoms with Crippen LogP contribution in [0.4, 0.5) is 0 Å². The first-order valence-corrected chi connectivity index (χ1v) is 9.43. The van der Waals surface area contributed by atoms with Crippen LogP contribution in [0.3, 0.4) is 0 Å². The molecule has 0 aliphatic carbocycles. The van der Waals surface area contributed by atoms with E-state index in [0.717, 1.165) is 0 Å². The first kappa shape index (κ1) is 18.4. The van der Waals surface area contributed by atoms with E-state index in [1.807, 2.05) is 20.8 Å². The number of hydrogen-bond donors (Lipinski definition) is 1. The van der Waals surface area contributed by atoms with Crippen molar-refractivity contribution in [1.82, 2.24) is 10.2 Å². The van der Waals surface area contributed by atoms with Crippen molar-refractivity contribution in [3.63, 3.8) is 0 Å². The number of rotatable bonds is 7. The van der Waals surface area contributed by atoms with Gasteiger partial charge in [-0.2, -0.15) is 0 Å². The highest BCUT2D eigenvalue weighted by Gasteiger charge is 2.37. The van der Waals surface area contributed by atoms with Gasteiger partial charge in [0.15, 0.2) is 9.84 Å². The molecule has 0 aromatic carbocycles. The lowest BCUT2D eigenvalue weighted by Crippen LogP contribution is -2.55. The molecule has 0 aromatic heterocycles. The second-order valence-electron chi connectivity index (χ2n) is 5.82. The van der Waals surface area contributed by atoms with Gasteiger partial charge in [-0.3, -0.25) is 9.69 Å². The summed E-state index contributed by atoms with van der Waals surface area (Å²) in [5, 5.41) is 3.21. The molecule has 1 N–H and O–H groups in total. The van der Waals surface area contributed by atoms with E-state index in [0.29, 0.717) is 32.7 Å². The molecule has 0 aromatic rings. The predicted molar refractivity (Wildman–Crippen MR) is 83.0 cm³/mol. The Hall–Kier alpha value is -0.660. The Bertz CT molecular complexity index is 438. The monoisotopic (exact) mass is 320 g/mol. The zero-order valence-electron chi connectivity index (χ0n) is 13.5. The SMILES string of the molecule is CCNC(C)(CC(C)N1CCS(=O)(=O)CC1)C(=O)OCC. The molecule has 2 unspecified atom stereocenters. The standard InChI is InChI=1S/C14H28N2O4S/c1-5-15-14(4,13(17)20-6-2)11-12(3)16-7-9-21(18,19)10-8-16/h12,15H,5-11H2,1-4H3. The largest absolute Gasteiger partial charge is 0.465 e. The first-order valence-electron chi connectivity index (χ1n) is 7.61. The van der Waals surface area contributed by atoms with Gasteiger partial charge in [0.1, 0.15) is 5.54 Å². The van der Waals surface area contributed by atoms with Gasteiger partial charge in [-0.05, 0) is 33.7 Å². The van der Waals surface area contributed by atoms with Crippen molar-refractivity contribution in [3.05, 3.63) is 0 Å². The molecule has 1 saturated heterocycles. The Kier molecular flexibility index (Phi) is 6.62. The van der Waals surface area contributed by atoms with Gasteiger partial charge in [0.25, 0.3) is 0 Å². The summed E-state index contributed by atoms with van der Waals surface area (Å²) >= 11 is 0. The van der Waals surface area contributed by atoms with Crippen molar-refractivity contribution >= 4 is 15.8 Å². The Morgan fingerprint density at radius 3 is 2.38 bits per heavy atom. The Labute approximate surface area is 128 Å². The second kappa shape index (κ2) is 7.56. The smallest absolute Gasteiger partial charge is 0.326 e. The maximum Gasteiger partial charge on any atom is 0.326 e. The number of hydrogen-bond acceptors (Lipinski definition) is 6. The van der Waals surface area contributed by atoms with E-state index >= 15 is 0 Å². The number of likely N-dealkylation sites (N-methyl/N-ethyl adjacent to an activating group) is 1. The van der Waals surface area contributed by atoms with Gasteiger partial charge in [-0.1, -0.05) is 6.92 Å². The molecular weight excluding hydrogens is 292 g/mol. The highest BCUT2D eigenvalue weighted by molar-refractivity contribution is 7.91. The predicted octanol–water partition coefficient (Wildman–Crippen LogP) is 0.427. The van der Waals surface area contributed by atoms with Crippen LogP contribution in [0.5, 0.6) is 0 Å². The topological polar surface area (TPSA) is 75.7 Å². The average molecular weight is 320 g/mol. The summed E-state index contributed by atoms with van der Waals surface area (Å²) < 4.78 is 28.1. The van der Waals surface area contributed by atoms with Crippen LogP contribution in [0, 0.1) is 0 Å². The number of carbonyl (C=O) groups is 1. The molecule has 0 saturated carbocycles. The van der Waals surface area contributed by atoms with Gasteiger partial charge in [0, 0.05) is 19.1 Å². The fraction of sp³-hybridized carbons (Fsp3) is 0.929. The van der Waals surface area contributed by atoms with Crippen LogP contribution in [0.25, 0.3) is 0 Å². The van der Waals surface area contributed by atoms with E-state index in [4.69, 9.17) is 4.74 Å². The van der Waals surface area contributed by atoms with E-state index in [2.05, 4.69) is 10.2 Å². The first-order chi connectivity index (χ1) is 9.74. The third-order valence-corrected chi connectivity index (χ3v) is 5.61. The molecule has 6 nitrogen and oxygen atoms in total. The van der Waals surface area contributed by atoms with Gasteiger partial charge >= 0.3 is 5.97 Å². The molecule has 1 heterocycles. The molecule has 0 amide bonds. The minimum absolute atomic E-state index is 0.119. The molecule has 1 aliphatic heterocycles. The second-order valence-corrected chi connectivity index (χ2v) is 8.13. The molecule has 21 heavy (non-hydrogen) atoms. The lowest BCUT2D eigenvalue weighted by atomic mass is 9.92. The molecule has 0 bridgehead atoms. The Morgan fingerprint density at radius 2 is 1.90 bits per heavy atom. The summed E-state index contributed by atoms with van der Waals surface area (Å²) in [6, 6.07) is 0.119. The number of nitrogens with one attached hydrogen (secondary N) is 1. The minimum Gasteiger partial charge on any atom is -0.465 e. The van der Waals surface area contributed by atoms with E-state index in [9.17, 15) is 13.2 Å². The van der Waals surface area contributed by atoms with Gasteiger partial charge in [0.2, 0.25) is 0 Å². The Balaban J connectivity index is 2.68. The molecule has 7 heteroatoms. The molecule has 1 rings (SSSR count). The van der Waals surface area contributed by atoms with Gasteiger partial charge in [-0.25, -0.2) is 8.42 Å². The molecule has 2 atom stereocenters. The van der Waals surface area contributed by atoms with Crippen molar-refractivity contribution < 1.29 is 17.9 Å². The average Bonchev–Trinajstić information content (AvgIpc) is 2.38. The number of esters is 1. The van der Waals surface area contributed by atoms with Crippen molar-refractivity contribution in [2.75, 3.05) is 37.7 Å². The van der Waals surface area contributed by atoms with Gasteiger partial charge < -0.3 is 10.1 Å². The van der Waals surface area contributed by atoms with Crippen LogP contribution in [0.1, 0.15) is 34.1 Å². The van der Waals surface area contributed by atoms with Crippen molar-refractivity contribution in [2.24, 2.45) is 0 Å². The van der Waals surface area contributed by atoms with Crippen molar-refractivity contribution in [2.45, 2.75) is 45.7 Å². The maximum atomic E-state index is 12.2. The fourth-order valence-corrected chi connectivity index (χ4v) is 4.02. The molecule has 0 radical (unpaired) electrons. The summed E-state index contributed by atoms with van der Waals surface area (Å²) in [7, 11) is -2.88. The number of ether oxygens (including phenoxy) is 1. The summed E-state index contributed by atoms with van der Waals surface area (Å²) in [6.07, 6.45) is 0.597. The van der Waals surface area contributed by atoms with E-state index in [1.165, 1.54) is 0 Å². The third kappa shape index (κ3) is 5.23. The zero-order valence-corrected chi connectivity index (χ0v) is 14.3. The molecule has 124 valence electrons. The van der Waals surface area contributed by atoms with Crippen LogP contribution in [-0.2, 0) is 19.4 Å². The molecular formula is C14H28N2O4S. The van der Waals surface area contributed by atoms with Crippen LogP contribution >= 0.6 is 0 Å². The highest BCUT2D eigenvalue weighted by Crippen LogP contribution is 2.20. The third-order valence-electron chi connectivity index (χ3n) is 4.00. The lowest BCUT2D eigenvalue weighted by Gasteiger charge is -2.37. The molecule has 0 spiro atoms. The normalized spacial score (nSPS) is 23.2. The van der Waals surface area contributed by atoms with E-state index in [-0.39, 0.29) is 23.5 Å².